The Morgan fingerprint density at radius 1 is 1.09 bits per heavy atom. The van der Waals surface area contributed by atoms with E-state index in [1.54, 1.807) is 0 Å². The third-order valence-corrected chi connectivity index (χ3v) is 10.9. The van der Waals surface area contributed by atoms with Gasteiger partial charge in [-0.2, -0.15) is 0 Å². The molecular weight excluding hydrogens is 438 g/mol. The van der Waals surface area contributed by atoms with Crippen LogP contribution in [0.3, 0.4) is 0 Å². The molecule has 1 saturated heterocycles. The molecule has 3 saturated carbocycles. The Labute approximate surface area is 206 Å². The number of phenols is 1. The van der Waals surface area contributed by atoms with Crippen LogP contribution in [0.1, 0.15) is 61.8 Å². The van der Waals surface area contributed by atoms with Gasteiger partial charge in [0.15, 0.2) is 11.5 Å². The lowest BCUT2D eigenvalue weighted by atomic mass is 9.40. The van der Waals surface area contributed by atoms with Crippen LogP contribution in [-0.2, 0) is 18.4 Å². The number of aliphatic hydroxyl groups is 1. The van der Waals surface area contributed by atoms with Crippen molar-refractivity contribution in [3.8, 4) is 11.5 Å². The van der Waals surface area contributed by atoms with Crippen molar-refractivity contribution in [3.63, 3.8) is 0 Å². The Morgan fingerprint density at radius 2 is 2.00 bits per heavy atom. The second-order valence-electron chi connectivity index (χ2n) is 12.3. The molecule has 184 valence electrons. The summed E-state index contributed by atoms with van der Waals surface area (Å²) >= 11 is 0. The maximum Gasteiger partial charge on any atom is 0.165 e. The number of benzene rings is 1. The molecule has 8 rings (SSSR count). The van der Waals surface area contributed by atoms with Gasteiger partial charge in [0.1, 0.15) is 6.10 Å². The number of pyridine rings is 1. The molecule has 6 nitrogen and oxygen atoms in total. The van der Waals surface area contributed by atoms with E-state index in [-0.39, 0.29) is 23.3 Å². The first-order chi connectivity index (χ1) is 17.1. The summed E-state index contributed by atoms with van der Waals surface area (Å²) in [5, 5.41) is 27.5. The van der Waals surface area contributed by atoms with Gasteiger partial charge in [-0.1, -0.05) is 12.1 Å². The molecular formula is C29H35N3O3. The number of rotatable bonds is 5. The summed E-state index contributed by atoms with van der Waals surface area (Å²) < 4.78 is 6.86. The van der Waals surface area contributed by atoms with E-state index in [2.05, 4.69) is 27.3 Å². The Kier molecular flexibility index (Phi) is 4.19. The van der Waals surface area contributed by atoms with Crippen molar-refractivity contribution in [2.24, 2.45) is 11.3 Å². The molecule has 0 unspecified atom stereocenters. The second kappa shape index (κ2) is 6.99. The van der Waals surface area contributed by atoms with Crippen LogP contribution in [0.5, 0.6) is 11.5 Å². The van der Waals surface area contributed by atoms with Crippen molar-refractivity contribution in [2.75, 3.05) is 13.1 Å². The number of aromatic nitrogens is 1. The summed E-state index contributed by atoms with van der Waals surface area (Å²) in [6.45, 7) is 2.88. The van der Waals surface area contributed by atoms with Crippen molar-refractivity contribution >= 4 is 0 Å². The third kappa shape index (κ3) is 2.58. The molecule has 2 bridgehead atoms. The summed E-state index contributed by atoms with van der Waals surface area (Å²) in [4.78, 5) is 7.12. The van der Waals surface area contributed by atoms with Gasteiger partial charge in [-0.05, 0) is 87.6 Å². The average molecular weight is 474 g/mol. The highest BCUT2D eigenvalue weighted by Crippen LogP contribution is 2.71. The van der Waals surface area contributed by atoms with Gasteiger partial charge in [-0.15, -0.1) is 0 Å². The van der Waals surface area contributed by atoms with Crippen LogP contribution in [0.25, 0.3) is 0 Å². The van der Waals surface area contributed by atoms with E-state index in [9.17, 15) is 10.2 Å². The number of phenolic OH excluding ortho intramolecular Hbond substituents is 1. The van der Waals surface area contributed by atoms with Gasteiger partial charge in [0.25, 0.3) is 0 Å². The van der Waals surface area contributed by atoms with Crippen molar-refractivity contribution in [1.29, 1.82) is 0 Å². The Hall–Kier alpha value is -2.15. The Morgan fingerprint density at radius 3 is 2.77 bits per heavy atom. The first-order valence-electron chi connectivity index (χ1n) is 13.7. The lowest BCUT2D eigenvalue weighted by molar-refractivity contribution is -0.236. The molecule has 6 atom stereocenters. The molecule has 0 radical (unpaired) electrons. The Balaban J connectivity index is 1.20. The van der Waals surface area contributed by atoms with Gasteiger partial charge in [0.05, 0.1) is 16.7 Å². The third-order valence-electron chi connectivity index (χ3n) is 10.9. The van der Waals surface area contributed by atoms with E-state index in [1.165, 1.54) is 18.4 Å². The van der Waals surface area contributed by atoms with Crippen LogP contribution in [0, 0.1) is 11.3 Å². The number of nitrogens with zero attached hydrogens (tertiary/aromatic N) is 2. The molecule has 6 heteroatoms. The SMILES string of the molecule is Oc1ccc2c3c1O[C@H]1[C@@]4(CC[C@H]4NCc4ccccn4)CC[C@@]4(O)[C@@H](C2)N(CC2CC2)CC[C@]314. The number of nitrogens with one attached hydrogen (secondary N) is 1. The lowest BCUT2D eigenvalue weighted by Gasteiger charge is -2.69. The highest BCUT2D eigenvalue weighted by Gasteiger charge is 2.77. The zero-order chi connectivity index (χ0) is 23.4. The molecule has 1 aromatic heterocycles. The van der Waals surface area contributed by atoms with Crippen LogP contribution in [-0.4, -0.2) is 57.0 Å². The smallest absolute Gasteiger partial charge is 0.165 e. The largest absolute Gasteiger partial charge is 0.504 e. The molecule has 2 aromatic rings. The first kappa shape index (κ1) is 21.0. The molecule has 0 amide bonds. The van der Waals surface area contributed by atoms with Gasteiger partial charge in [-0.3, -0.25) is 9.88 Å². The highest BCUT2D eigenvalue weighted by atomic mass is 16.5. The van der Waals surface area contributed by atoms with Crippen LogP contribution in [0.15, 0.2) is 36.5 Å². The lowest BCUT2D eigenvalue weighted by Crippen LogP contribution is -2.80. The zero-order valence-corrected chi connectivity index (χ0v) is 20.2. The second-order valence-corrected chi connectivity index (χ2v) is 12.3. The number of hydrogen-bond donors (Lipinski definition) is 3. The van der Waals surface area contributed by atoms with E-state index in [0.717, 1.165) is 75.3 Å². The van der Waals surface area contributed by atoms with Gasteiger partial charge >= 0.3 is 0 Å². The topological polar surface area (TPSA) is 77.8 Å². The van der Waals surface area contributed by atoms with Crippen molar-refractivity contribution in [3.05, 3.63) is 53.3 Å². The summed E-state index contributed by atoms with van der Waals surface area (Å²) in [5.41, 5.74) is 2.23. The Bertz CT molecular complexity index is 1190. The van der Waals surface area contributed by atoms with E-state index >= 15 is 0 Å². The summed E-state index contributed by atoms with van der Waals surface area (Å²) in [6, 6.07) is 10.5. The zero-order valence-electron chi connectivity index (χ0n) is 20.2. The van der Waals surface area contributed by atoms with E-state index in [0.29, 0.717) is 11.8 Å². The van der Waals surface area contributed by atoms with Crippen molar-refractivity contribution < 1.29 is 14.9 Å². The van der Waals surface area contributed by atoms with Gasteiger partial charge in [-0.25, -0.2) is 0 Å². The van der Waals surface area contributed by atoms with Crippen LogP contribution in [0.4, 0.5) is 0 Å². The fraction of sp³-hybridized carbons (Fsp3) is 0.621. The fourth-order valence-corrected chi connectivity index (χ4v) is 8.95. The fourth-order valence-electron chi connectivity index (χ4n) is 8.95. The quantitative estimate of drug-likeness (QED) is 0.619. The molecule has 6 aliphatic rings. The van der Waals surface area contributed by atoms with Gasteiger partial charge in [0.2, 0.25) is 0 Å². The highest BCUT2D eigenvalue weighted by molar-refractivity contribution is 5.63. The molecule has 2 aliphatic heterocycles. The number of ether oxygens (including phenoxy) is 1. The predicted octanol–water partition coefficient (Wildman–Crippen LogP) is 3.29. The summed E-state index contributed by atoms with van der Waals surface area (Å²) in [7, 11) is 0. The molecule has 1 aromatic carbocycles. The maximum absolute atomic E-state index is 12.7. The minimum Gasteiger partial charge on any atom is -0.504 e. The number of hydrogen-bond acceptors (Lipinski definition) is 6. The maximum atomic E-state index is 12.7. The minimum absolute atomic E-state index is 0.0235. The van der Waals surface area contributed by atoms with Gasteiger partial charge < -0.3 is 20.3 Å². The molecule has 4 aliphatic carbocycles. The van der Waals surface area contributed by atoms with Crippen LogP contribution < -0.4 is 10.1 Å². The van der Waals surface area contributed by atoms with Crippen molar-refractivity contribution in [2.45, 2.75) is 87.1 Å². The normalized spacial score (nSPS) is 40.8. The number of fused-ring (bicyclic) bond motifs is 1. The first-order valence-corrected chi connectivity index (χ1v) is 13.7. The van der Waals surface area contributed by atoms with E-state index in [4.69, 9.17) is 4.74 Å². The monoisotopic (exact) mass is 473 g/mol. The summed E-state index contributed by atoms with van der Waals surface area (Å²) in [5.74, 6) is 1.71. The van der Waals surface area contributed by atoms with Gasteiger partial charge in [0, 0.05) is 42.3 Å². The van der Waals surface area contributed by atoms with Crippen LogP contribution >= 0.6 is 0 Å². The van der Waals surface area contributed by atoms with Crippen LogP contribution in [0.2, 0.25) is 0 Å². The minimum atomic E-state index is -0.802. The summed E-state index contributed by atoms with van der Waals surface area (Å²) in [6.07, 6.45) is 10.2. The average Bonchev–Trinajstić information content (AvgIpc) is 3.59. The number of piperidine rings is 1. The molecule has 3 N–H and O–H groups in total. The molecule has 4 fully saturated rings. The predicted molar refractivity (Wildman–Crippen MR) is 131 cm³/mol. The number of aromatic hydroxyl groups is 1. The molecule has 35 heavy (non-hydrogen) atoms. The molecule has 2 spiro atoms. The standard InChI is InChI=1S/C29H35N3O3/c33-21-7-6-19-15-23-29(34)11-10-27(9-8-22(27)31-16-20-3-1-2-13-30-20)26-28(29,24(19)25(21)35-26)12-14-32(23)17-18-4-5-18/h1-3,6-7,13,18,22-23,26,31,33-34H,4-5,8-12,14-17H2/t22-,23-,26+,27+,28+,29-/m1/s1. The number of likely N-dealkylation sites (tertiary alicyclic amines) is 1. The van der Waals surface area contributed by atoms with E-state index in [1.807, 2.05) is 24.4 Å². The molecule has 3 heterocycles. The van der Waals surface area contributed by atoms with E-state index < -0.39 is 11.0 Å². The van der Waals surface area contributed by atoms with Crippen molar-refractivity contribution in [1.82, 2.24) is 15.2 Å².